The summed E-state index contributed by atoms with van der Waals surface area (Å²) < 4.78 is 4.87. The Labute approximate surface area is 102 Å². The van der Waals surface area contributed by atoms with Crippen LogP contribution < -0.4 is 0 Å². The van der Waals surface area contributed by atoms with Crippen LogP contribution in [0.1, 0.15) is 52.7 Å². The average molecular weight is 232 g/mol. The Balaban J connectivity index is 2.76. The Morgan fingerprint density at radius 1 is 0.882 bits per heavy atom. The molecule has 0 N–H and O–H groups in total. The van der Waals surface area contributed by atoms with Gasteiger partial charge in [-0.25, -0.2) is 4.63 Å². The van der Waals surface area contributed by atoms with Crippen LogP contribution in [0.25, 0.3) is 11.0 Å². The molecule has 0 unspecified atom stereocenters. The van der Waals surface area contributed by atoms with Crippen molar-refractivity contribution in [2.75, 3.05) is 0 Å². The van der Waals surface area contributed by atoms with E-state index in [1.807, 2.05) is 0 Å². The van der Waals surface area contributed by atoms with Crippen molar-refractivity contribution < 1.29 is 4.63 Å². The highest BCUT2D eigenvalue weighted by molar-refractivity contribution is 5.79. The Hall–Kier alpha value is -1.38. The van der Waals surface area contributed by atoms with Gasteiger partial charge < -0.3 is 0 Å². The molecule has 1 heterocycles. The molecule has 0 aliphatic heterocycles. The summed E-state index contributed by atoms with van der Waals surface area (Å²) in [6, 6.07) is 4.30. The molecule has 2 rings (SSSR count). The van der Waals surface area contributed by atoms with Crippen molar-refractivity contribution >= 4 is 11.0 Å². The zero-order valence-electron chi connectivity index (χ0n) is 11.5. The molecular formula is C14H20N2O. The maximum absolute atomic E-state index is 4.87. The van der Waals surface area contributed by atoms with Crippen LogP contribution in [0, 0.1) is 0 Å². The van der Waals surface area contributed by atoms with Crippen LogP contribution in [0.2, 0.25) is 0 Å². The van der Waals surface area contributed by atoms with Crippen LogP contribution >= 0.6 is 0 Å². The lowest BCUT2D eigenvalue weighted by molar-refractivity contribution is 0.315. The second-order valence-corrected chi connectivity index (χ2v) is 6.66. The molecule has 0 aliphatic carbocycles. The minimum atomic E-state index is 0.0397. The fourth-order valence-corrected chi connectivity index (χ4v) is 1.89. The number of nitrogens with zero attached hydrogens (tertiary/aromatic N) is 2. The maximum atomic E-state index is 4.87. The van der Waals surface area contributed by atoms with Crippen LogP contribution in [-0.4, -0.2) is 10.3 Å². The molecule has 0 amide bonds. The quantitative estimate of drug-likeness (QED) is 0.693. The highest BCUT2D eigenvalue weighted by Crippen LogP contribution is 2.33. The summed E-state index contributed by atoms with van der Waals surface area (Å²) in [5.74, 6) is 0. The van der Waals surface area contributed by atoms with E-state index in [0.29, 0.717) is 0 Å². The third kappa shape index (κ3) is 2.19. The van der Waals surface area contributed by atoms with Gasteiger partial charge >= 0.3 is 0 Å². The van der Waals surface area contributed by atoms with Crippen LogP contribution in [0.3, 0.4) is 0 Å². The van der Waals surface area contributed by atoms with Crippen LogP contribution in [-0.2, 0) is 10.8 Å². The highest BCUT2D eigenvalue weighted by atomic mass is 16.6. The van der Waals surface area contributed by atoms with E-state index in [4.69, 9.17) is 4.63 Å². The summed E-state index contributed by atoms with van der Waals surface area (Å²) in [7, 11) is 0. The van der Waals surface area contributed by atoms with E-state index in [0.717, 1.165) is 11.0 Å². The van der Waals surface area contributed by atoms with Gasteiger partial charge in [-0.2, -0.15) is 0 Å². The summed E-state index contributed by atoms with van der Waals surface area (Å²) in [5.41, 5.74) is 4.34. The molecule has 92 valence electrons. The van der Waals surface area contributed by atoms with Crippen molar-refractivity contribution in [3.05, 3.63) is 23.3 Å². The van der Waals surface area contributed by atoms with Gasteiger partial charge in [0.25, 0.3) is 0 Å². The SMILES string of the molecule is CC(C)(C)c1cc(C(C)(C)C)c2nonc2c1. The molecule has 3 nitrogen and oxygen atoms in total. The number of aromatic nitrogens is 2. The standard InChI is InChI=1S/C14H20N2O/c1-13(2,3)9-7-10(14(4,5)6)12-11(8-9)15-17-16-12/h7-8H,1-6H3. The summed E-state index contributed by atoms with van der Waals surface area (Å²) >= 11 is 0. The fourth-order valence-electron chi connectivity index (χ4n) is 1.89. The van der Waals surface area contributed by atoms with Gasteiger partial charge in [-0.05, 0) is 38.3 Å². The van der Waals surface area contributed by atoms with Gasteiger partial charge in [0.05, 0.1) is 0 Å². The molecule has 2 aromatic rings. The molecule has 3 heteroatoms. The molecule has 0 radical (unpaired) electrons. The second-order valence-electron chi connectivity index (χ2n) is 6.66. The van der Waals surface area contributed by atoms with Crippen molar-refractivity contribution in [3.8, 4) is 0 Å². The number of hydrogen-bond donors (Lipinski definition) is 0. The van der Waals surface area contributed by atoms with E-state index in [1.54, 1.807) is 0 Å². The third-order valence-corrected chi connectivity index (χ3v) is 3.04. The second kappa shape index (κ2) is 3.56. The van der Waals surface area contributed by atoms with E-state index in [9.17, 15) is 0 Å². The Morgan fingerprint density at radius 3 is 2.06 bits per heavy atom. The van der Waals surface area contributed by atoms with Gasteiger partial charge in [0, 0.05) is 0 Å². The van der Waals surface area contributed by atoms with Crippen LogP contribution in [0.5, 0.6) is 0 Å². The fraction of sp³-hybridized carbons (Fsp3) is 0.571. The Bertz CT molecular complexity index is 541. The zero-order valence-corrected chi connectivity index (χ0v) is 11.5. The number of hydrogen-bond acceptors (Lipinski definition) is 3. The van der Waals surface area contributed by atoms with Crippen LogP contribution in [0.4, 0.5) is 0 Å². The molecule has 0 spiro atoms. The predicted octanol–water partition coefficient (Wildman–Crippen LogP) is 3.82. The number of fused-ring (bicyclic) bond motifs is 1. The third-order valence-electron chi connectivity index (χ3n) is 3.04. The number of rotatable bonds is 0. The lowest BCUT2D eigenvalue weighted by Crippen LogP contribution is -2.16. The van der Waals surface area contributed by atoms with Gasteiger partial charge in [-0.3, -0.25) is 0 Å². The molecular weight excluding hydrogens is 212 g/mol. The maximum Gasteiger partial charge on any atom is 0.138 e. The molecule has 0 fully saturated rings. The minimum absolute atomic E-state index is 0.0397. The van der Waals surface area contributed by atoms with Crippen LogP contribution in [0.15, 0.2) is 16.8 Å². The molecule has 0 saturated carbocycles. The van der Waals surface area contributed by atoms with Gasteiger partial charge in [-0.15, -0.1) is 0 Å². The van der Waals surface area contributed by atoms with Gasteiger partial charge in [0.2, 0.25) is 0 Å². The topological polar surface area (TPSA) is 38.9 Å². The van der Waals surface area contributed by atoms with Gasteiger partial charge in [-0.1, -0.05) is 47.6 Å². The lowest BCUT2D eigenvalue weighted by Gasteiger charge is -2.24. The predicted molar refractivity (Wildman–Crippen MR) is 69.2 cm³/mol. The molecule has 0 bridgehead atoms. The molecule has 1 aromatic heterocycles. The first-order valence-electron chi connectivity index (χ1n) is 5.97. The van der Waals surface area contributed by atoms with Crippen molar-refractivity contribution in [2.45, 2.75) is 52.4 Å². The monoisotopic (exact) mass is 232 g/mol. The lowest BCUT2D eigenvalue weighted by atomic mass is 9.80. The van der Waals surface area contributed by atoms with E-state index >= 15 is 0 Å². The molecule has 0 saturated heterocycles. The van der Waals surface area contributed by atoms with E-state index in [-0.39, 0.29) is 10.8 Å². The normalized spacial score (nSPS) is 13.3. The summed E-state index contributed by atoms with van der Waals surface area (Å²) in [5, 5.41) is 8.00. The first kappa shape index (κ1) is 12.1. The Kier molecular flexibility index (Phi) is 2.53. The van der Waals surface area contributed by atoms with E-state index in [2.05, 4.69) is 64.0 Å². The summed E-state index contributed by atoms with van der Waals surface area (Å²) in [6.07, 6.45) is 0. The first-order chi connectivity index (χ1) is 7.69. The minimum Gasteiger partial charge on any atom is -0.243 e. The molecule has 0 aliphatic rings. The molecule has 0 atom stereocenters. The smallest absolute Gasteiger partial charge is 0.138 e. The average Bonchev–Trinajstić information content (AvgIpc) is 2.59. The van der Waals surface area contributed by atoms with Gasteiger partial charge in [0.15, 0.2) is 0 Å². The zero-order chi connectivity index (χ0) is 12.8. The molecule has 1 aromatic carbocycles. The van der Waals surface area contributed by atoms with Crippen molar-refractivity contribution in [1.82, 2.24) is 10.3 Å². The van der Waals surface area contributed by atoms with E-state index in [1.165, 1.54) is 11.1 Å². The van der Waals surface area contributed by atoms with Crippen molar-refractivity contribution in [2.24, 2.45) is 0 Å². The first-order valence-corrected chi connectivity index (χ1v) is 5.97. The van der Waals surface area contributed by atoms with Crippen molar-refractivity contribution in [3.63, 3.8) is 0 Å². The Morgan fingerprint density at radius 2 is 1.53 bits per heavy atom. The van der Waals surface area contributed by atoms with Crippen molar-refractivity contribution in [1.29, 1.82) is 0 Å². The molecule has 17 heavy (non-hydrogen) atoms. The summed E-state index contributed by atoms with van der Waals surface area (Å²) in [4.78, 5) is 0. The summed E-state index contributed by atoms with van der Waals surface area (Å²) in [6.45, 7) is 13.2. The highest BCUT2D eigenvalue weighted by Gasteiger charge is 2.24. The van der Waals surface area contributed by atoms with E-state index < -0.39 is 0 Å². The number of benzene rings is 1. The largest absolute Gasteiger partial charge is 0.243 e. The van der Waals surface area contributed by atoms with Gasteiger partial charge in [0.1, 0.15) is 11.0 Å².